The normalized spacial score (nSPS) is 18.1. The van der Waals surface area contributed by atoms with Crippen molar-refractivity contribution in [3.63, 3.8) is 0 Å². The van der Waals surface area contributed by atoms with Gasteiger partial charge in [0.25, 0.3) is 5.92 Å². The topological polar surface area (TPSA) is 12.0 Å². The molecular weight excluding hydrogens is 232 g/mol. The van der Waals surface area contributed by atoms with Crippen molar-refractivity contribution < 1.29 is 8.78 Å². The van der Waals surface area contributed by atoms with E-state index in [1.165, 1.54) is 0 Å². The van der Waals surface area contributed by atoms with Crippen LogP contribution in [0.2, 0.25) is 0 Å². The summed E-state index contributed by atoms with van der Waals surface area (Å²) in [4.78, 5) is 0. The van der Waals surface area contributed by atoms with Gasteiger partial charge in [-0.15, -0.1) is 0 Å². The standard InChI is InChI=1S/C15H21F2N/c1-10-8-13(12-4-6-18-7-5-12)14(9-11(10)2)15(3,16)17/h8-9,12,18H,4-7H2,1-3H3. The lowest BCUT2D eigenvalue weighted by atomic mass is 9.83. The molecule has 1 heterocycles. The molecule has 1 aliphatic rings. The van der Waals surface area contributed by atoms with Gasteiger partial charge in [-0.3, -0.25) is 0 Å². The maximum absolute atomic E-state index is 13.8. The second-order valence-electron chi connectivity index (χ2n) is 5.44. The van der Waals surface area contributed by atoms with Crippen molar-refractivity contribution >= 4 is 0 Å². The Kier molecular flexibility index (Phi) is 3.71. The molecule has 0 spiro atoms. The van der Waals surface area contributed by atoms with Crippen molar-refractivity contribution in [2.24, 2.45) is 0 Å². The molecule has 2 rings (SSSR count). The van der Waals surface area contributed by atoms with Crippen molar-refractivity contribution in [2.45, 2.75) is 45.5 Å². The molecule has 1 fully saturated rings. The fourth-order valence-corrected chi connectivity index (χ4v) is 2.69. The zero-order valence-corrected chi connectivity index (χ0v) is 11.3. The summed E-state index contributed by atoms with van der Waals surface area (Å²) in [5.74, 6) is -2.48. The van der Waals surface area contributed by atoms with E-state index in [1.807, 2.05) is 19.9 Å². The third kappa shape index (κ3) is 2.72. The molecule has 0 aliphatic carbocycles. The Morgan fingerprint density at radius 2 is 1.67 bits per heavy atom. The lowest BCUT2D eigenvalue weighted by molar-refractivity contribution is 0.0159. The number of benzene rings is 1. The van der Waals surface area contributed by atoms with Crippen LogP contribution in [-0.4, -0.2) is 13.1 Å². The van der Waals surface area contributed by atoms with Crippen LogP contribution in [0, 0.1) is 13.8 Å². The summed E-state index contributed by atoms with van der Waals surface area (Å²) in [6, 6.07) is 3.64. The zero-order valence-electron chi connectivity index (χ0n) is 11.3. The predicted octanol–water partition coefficient (Wildman–Crippen LogP) is 3.88. The molecule has 100 valence electrons. The van der Waals surface area contributed by atoms with Crippen LogP contribution in [0.15, 0.2) is 12.1 Å². The van der Waals surface area contributed by atoms with Crippen LogP contribution in [0.25, 0.3) is 0 Å². The number of hydrogen-bond donors (Lipinski definition) is 1. The van der Waals surface area contributed by atoms with Crippen molar-refractivity contribution in [1.82, 2.24) is 5.32 Å². The highest BCUT2D eigenvalue weighted by atomic mass is 19.3. The molecule has 1 aromatic rings. The van der Waals surface area contributed by atoms with Crippen LogP contribution in [0.4, 0.5) is 8.78 Å². The van der Waals surface area contributed by atoms with Crippen LogP contribution in [0.3, 0.4) is 0 Å². The van der Waals surface area contributed by atoms with Gasteiger partial charge in [-0.05, 0) is 68.5 Å². The number of aryl methyl sites for hydroxylation is 2. The van der Waals surface area contributed by atoms with Gasteiger partial charge >= 0.3 is 0 Å². The van der Waals surface area contributed by atoms with E-state index >= 15 is 0 Å². The number of nitrogens with one attached hydrogen (secondary N) is 1. The summed E-state index contributed by atoms with van der Waals surface area (Å²) in [6.07, 6.45) is 1.90. The quantitative estimate of drug-likeness (QED) is 0.843. The summed E-state index contributed by atoms with van der Waals surface area (Å²) in [5.41, 5.74) is 3.13. The molecule has 0 atom stereocenters. The van der Waals surface area contributed by atoms with Crippen LogP contribution in [0.5, 0.6) is 0 Å². The Morgan fingerprint density at radius 1 is 1.11 bits per heavy atom. The van der Waals surface area contributed by atoms with Gasteiger partial charge in [-0.25, -0.2) is 8.78 Å². The molecule has 0 amide bonds. The molecule has 0 unspecified atom stereocenters. The lowest BCUT2D eigenvalue weighted by Crippen LogP contribution is -2.28. The minimum atomic E-state index is -2.75. The van der Waals surface area contributed by atoms with Crippen molar-refractivity contribution in [2.75, 3.05) is 13.1 Å². The molecule has 1 N–H and O–H groups in total. The molecule has 1 nitrogen and oxygen atoms in total. The number of hydrogen-bond acceptors (Lipinski definition) is 1. The van der Waals surface area contributed by atoms with E-state index < -0.39 is 5.92 Å². The smallest absolute Gasteiger partial charge is 0.270 e. The summed E-state index contributed by atoms with van der Waals surface area (Å²) < 4.78 is 27.5. The van der Waals surface area contributed by atoms with E-state index in [4.69, 9.17) is 0 Å². The van der Waals surface area contributed by atoms with E-state index in [0.717, 1.165) is 49.5 Å². The number of piperidine rings is 1. The largest absolute Gasteiger partial charge is 0.317 e. The van der Waals surface area contributed by atoms with Crippen LogP contribution < -0.4 is 5.32 Å². The van der Waals surface area contributed by atoms with Crippen LogP contribution >= 0.6 is 0 Å². The third-order valence-corrected chi connectivity index (χ3v) is 3.92. The Balaban J connectivity index is 2.46. The number of halogens is 2. The van der Waals surface area contributed by atoms with Gasteiger partial charge in [0, 0.05) is 12.5 Å². The van der Waals surface area contributed by atoms with Crippen molar-refractivity contribution in [3.05, 3.63) is 34.4 Å². The highest BCUT2D eigenvalue weighted by Gasteiger charge is 2.31. The Hall–Kier alpha value is -0.960. The Bertz CT molecular complexity index is 429. The molecule has 3 heteroatoms. The molecule has 18 heavy (non-hydrogen) atoms. The van der Waals surface area contributed by atoms with E-state index in [-0.39, 0.29) is 11.5 Å². The second-order valence-corrected chi connectivity index (χ2v) is 5.44. The minimum absolute atomic E-state index is 0.220. The van der Waals surface area contributed by atoms with Crippen molar-refractivity contribution in [3.8, 4) is 0 Å². The lowest BCUT2D eigenvalue weighted by Gasteiger charge is -2.28. The molecule has 0 aromatic heterocycles. The van der Waals surface area contributed by atoms with Gasteiger partial charge in [0.2, 0.25) is 0 Å². The van der Waals surface area contributed by atoms with Gasteiger partial charge in [-0.2, -0.15) is 0 Å². The molecule has 0 saturated carbocycles. The second kappa shape index (κ2) is 4.96. The van der Waals surface area contributed by atoms with E-state index in [1.54, 1.807) is 6.07 Å². The summed E-state index contributed by atoms with van der Waals surface area (Å²) in [6.45, 7) is 6.74. The first-order valence-corrected chi connectivity index (χ1v) is 6.59. The van der Waals surface area contributed by atoms with Gasteiger partial charge in [-0.1, -0.05) is 6.07 Å². The fourth-order valence-electron chi connectivity index (χ4n) is 2.69. The predicted molar refractivity (Wildman–Crippen MR) is 70.3 cm³/mol. The van der Waals surface area contributed by atoms with Gasteiger partial charge in [0.15, 0.2) is 0 Å². The highest BCUT2D eigenvalue weighted by molar-refractivity contribution is 5.41. The first-order valence-electron chi connectivity index (χ1n) is 6.59. The minimum Gasteiger partial charge on any atom is -0.317 e. The third-order valence-electron chi connectivity index (χ3n) is 3.92. The zero-order chi connectivity index (χ0) is 13.3. The van der Waals surface area contributed by atoms with Crippen LogP contribution in [0.1, 0.15) is 47.9 Å². The maximum Gasteiger partial charge on any atom is 0.270 e. The SMILES string of the molecule is Cc1cc(C2CCNCC2)c(C(C)(F)F)cc1C. The average molecular weight is 253 g/mol. The first-order chi connectivity index (χ1) is 8.39. The summed E-state index contributed by atoms with van der Waals surface area (Å²) in [7, 11) is 0. The number of alkyl halides is 2. The molecule has 1 aliphatic heterocycles. The average Bonchev–Trinajstić information content (AvgIpc) is 2.32. The van der Waals surface area contributed by atoms with E-state index in [0.29, 0.717) is 0 Å². The summed E-state index contributed by atoms with van der Waals surface area (Å²) in [5, 5.41) is 3.28. The molecule has 0 radical (unpaired) electrons. The molecular formula is C15H21F2N. The molecule has 1 aromatic carbocycles. The Morgan fingerprint density at radius 3 is 2.22 bits per heavy atom. The van der Waals surface area contributed by atoms with E-state index in [9.17, 15) is 8.78 Å². The Labute approximate surface area is 108 Å². The van der Waals surface area contributed by atoms with Crippen molar-refractivity contribution in [1.29, 1.82) is 0 Å². The monoisotopic (exact) mass is 253 g/mol. The van der Waals surface area contributed by atoms with Gasteiger partial charge < -0.3 is 5.32 Å². The van der Waals surface area contributed by atoms with Gasteiger partial charge in [0.05, 0.1) is 0 Å². The number of rotatable bonds is 2. The van der Waals surface area contributed by atoms with Gasteiger partial charge in [0.1, 0.15) is 0 Å². The highest BCUT2D eigenvalue weighted by Crippen LogP contribution is 2.38. The maximum atomic E-state index is 13.8. The van der Waals surface area contributed by atoms with Crippen LogP contribution in [-0.2, 0) is 5.92 Å². The fraction of sp³-hybridized carbons (Fsp3) is 0.600. The molecule has 0 bridgehead atoms. The molecule has 1 saturated heterocycles. The first kappa shape index (κ1) is 13.5. The summed E-state index contributed by atoms with van der Waals surface area (Å²) >= 11 is 0. The van der Waals surface area contributed by atoms with E-state index in [2.05, 4.69) is 5.32 Å².